The van der Waals surface area contributed by atoms with Crippen molar-refractivity contribution in [2.45, 2.75) is 6.54 Å². The molecule has 4 heteroatoms. The van der Waals surface area contributed by atoms with Gasteiger partial charge in [0.05, 0.1) is 22.3 Å². The molecule has 3 rings (SSSR count). The van der Waals surface area contributed by atoms with Crippen LogP contribution in [0.15, 0.2) is 53.5 Å². The minimum atomic E-state index is 0.0660. The largest absolute Gasteiger partial charge is 0.268 e. The fourth-order valence-electron chi connectivity index (χ4n) is 1.76. The molecule has 0 aliphatic heterocycles. The molecule has 0 bridgehead atoms. The Kier molecular flexibility index (Phi) is 2.49. The van der Waals surface area contributed by atoms with Crippen LogP contribution >= 0.6 is 11.5 Å². The molecule has 0 spiro atoms. The van der Waals surface area contributed by atoms with Crippen LogP contribution in [0.25, 0.3) is 10.1 Å². The van der Waals surface area contributed by atoms with Gasteiger partial charge in [0.15, 0.2) is 0 Å². The predicted molar refractivity (Wildman–Crippen MR) is 69.4 cm³/mol. The average molecular weight is 242 g/mol. The van der Waals surface area contributed by atoms with Crippen molar-refractivity contribution < 1.29 is 0 Å². The van der Waals surface area contributed by atoms with Crippen molar-refractivity contribution in [3.05, 3.63) is 64.7 Å². The summed E-state index contributed by atoms with van der Waals surface area (Å²) in [5, 5.41) is 0.786. The molecule has 0 atom stereocenters. The Morgan fingerprint density at radius 2 is 1.94 bits per heavy atom. The summed E-state index contributed by atoms with van der Waals surface area (Å²) < 4.78 is 2.76. The van der Waals surface area contributed by atoms with E-state index in [0.717, 1.165) is 15.8 Å². The van der Waals surface area contributed by atoms with Gasteiger partial charge in [-0.25, -0.2) is 0 Å². The van der Waals surface area contributed by atoms with E-state index in [0.29, 0.717) is 6.54 Å². The van der Waals surface area contributed by atoms with E-state index in [1.807, 2.05) is 42.5 Å². The summed E-state index contributed by atoms with van der Waals surface area (Å²) in [7, 11) is 0. The third-order valence-corrected chi connectivity index (χ3v) is 3.65. The molecule has 1 aromatic carbocycles. The van der Waals surface area contributed by atoms with Crippen molar-refractivity contribution in [3.63, 3.8) is 0 Å². The van der Waals surface area contributed by atoms with E-state index in [1.54, 1.807) is 10.2 Å². The summed E-state index contributed by atoms with van der Waals surface area (Å²) in [6.45, 7) is 0.541. The first-order valence-corrected chi connectivity index (χ1v) is 6.11. The lowest BCUT2D eigenvalue weighted by atomic mass is 10.3. The van der Waals surface area contributed by atoms with Gasteiger partial charge in [-0.1, -0.05) is 29.7 Å². The topological polar surface area (TPSA) is 34.9 Å². The monoisotopic (exact) mass is 242 g/mol. The number of hydrogen-bond acceptors (Lipinski definition) is 3. The van der Waals surface area contributed by atoms with Crippen molar-refractivity contribution in [1.82, 2.24) is 8.94 Å². The lowest BCUT2D eigenvalue weighted by Crippen LogP contribution is -2.14. The van der Waals surface area contributed by atoms with Gasteiger partial charge in [-0.05, 0) is 24.3 Å². The fourth-order valence-corrected chi connectivity index (χ4v) is 2.77. The third kappa shape index (κ3) is 1.87. The Hall–Kier alpha value is -1.94. The smallest absolute Gasteiger partial charge is 0.268 e. The Labute approximate surface area is 102 Å². The molecule has 3 aromatic rings. The van der Waals surface area contributed by atoms with Gasteiger partial charge in [-0.2, -0.15) is 0 Å². The molecule has 0 aliphatic rings. The van der Waals surface area contributed by atoms with Gasteiger partial charge in [0.1, 0.15) is 0 Å². The summed E-state index contributed by atoms with van der Waals surface area (Å²) >= 11 is 1.48. The number of fused-ring (bicyclic) bond motifs is 1. The number of hydrogen-bond donors (Lipinski definition) is 0. The molecular formula is C13H10N2OS. The van der Waals surface area contributed by atoms with Crippen molar-refractivity contribution >= 4 is 21.6 Å². The molecule has 17 heavy (non-hydrogen) atoms. The van der Waals surface area contributed by atoms with Crippen LogP contribution in [0.5, 0.6) is 0 Å². The van der Waals surface area contributed by atoms with Crippen molar-refractivity contribution in [3.8, 4) is 0 Å². The number of nitrogens with zero attached hydrogens (tertiary/aromatic N) is 2. The number of benzene rings is 1. The van der Waals surface area contributed by atoms with E-state index >= 15 is 0 Å². The number of rotatable bonds is 2. The Balaban J connectivity index is 2.07. The SMILES string of the molecule is O=c1c2ccccc2sn1Cc1ccccn1. The van der Waals surface area contributed by atoms with Gasteiger partial charge >= 0.3 is 0 Å². The summed E-state index contributed by atoms with van der Waals surface area (Å²) in [6.07, 6.45) is 1.74. The molecule has 0 aliphatic carbocycles. The zero-order chi connectivity index (χ0) is 11.7. The lowest BCUT2D eigenvalue weighted by Gasteiger charge is -1.98. The molecule has 0 unspecified atom stereocenters. The molecule has 0 N–H and O–H groups in total. The van der Waals surface area contributed by atoms with Gasteiger partial charge in [0.2, 0.25) is 0 Å². The standard InChI is InChI=1S/C13H10N2OS/c16-13-11-6-1-2-7-12(11)17-15(13)9-10-5-3-4-8-14-10/h1-8H,9H2. The lowest BCUT2D eigenvalue weighted by molar-refractivity contribution is 0.823. The van der Waals surface area contributed by atoms with E-state index in [2.05, 4.69) is 4.98 Å². The van der Waals surface area contributed by atoms with E-state index < -0.39 is 0 Å². The van der Waals surface area contributed by atoms with Crippen LogP contribution in [0.3, 0.4) is 0 Å². The highest BCUT2D eigenvalue weighted by molar-refractivity contribution is 7.13. The van der Waals surface area contributed by atoms with Gasteiger partial charge < -0.3 is 0 Å². The predicted octanol–water partition coefficient (Wildman–Crippen LogP) is 2.51. The summed E-state index contributed by atoms with van der Waals surface area (Å²) in [5.41, 5.74) is 0.970. The van der Waals surface area contributed by atoms with Crippen LogP contribution in [0, 0.1) is 0 Å². The molecule has 0 saturated heterocycles. The maximum absolute atomic E-state index is 12.1. The zero-order valence-electron chi connectivity index (χ0n) is 9.04. The Morgan fingerprint density at radius 3 is 2.71 bits per heavy atom. The van der Waals surface area contributed by atoms with Crippen molar-refractivity contribution in [1.29, 1.82) is 0 Å². The number of aromatic nitrogens is 2. The third-order valence-electron chi connectivity index (χ3n) is 2.58. The molecule has 2 heterocycles. The first kappa shape index (κ1) is 10.2. The first-order valence-electron chi connectivity index (χ1n) is 5.33. The Morgan fingerprint density at radius 1 is 1.12 bits per heavy atom. The van der Waals surface area contributed by atoms with Crippen LogP contribution < -0.4 is 5.56 Å². The van der Waals surface area contributed by atoms with Gasteiger partial charge in [0.25, 0.3) is 5.56 Å². The minimum Gasteiger partial charge on any atom is -0.268 e. The highest BCUT2D eigenvalue weighted by atomic mass is 32.1. The molecule has 0 saturated carbocycles. The second-order valence-electron chi connectivity index (χ2n) is 3.75. The van der Waals surface area contributed by atoms with Crippen LogP contribution in [0.1, 0.15) is 5.69 Å². The maximum Gasteiger partial charge on any atom is 0.268 e. The molecule has 84 valence electrons. The summed E-state index contributed by atoms with van der Waals surface area (Å²) in [4.78, 5) is 16.3. The molecule has 2 aromatic heterocycles. The quantitative estimate of drug-likeness (QED) is 0.692. The van der Waals surface area contributed by atoms with Gasteiger partial charge in [-0.15, -0.1) is 0 Å². The second kappa shape index (κ2) is 4.14. The Bertz CT molecular complexity index is 700. The van der Waals surface area contributed by atoms with Crippen molar-refractivity contribution in [2.75, 3.05) is 0 Å². The molecule has 0 radical (unpaired) electrons. The van der Waals surface area contributed by atoms with E-state index in [-0.39, 0.29) is 5.56 Å². The van der Waals surface area contributed by atoms with E-state index in [1.165, 1.54) is 11.5 Å². The van der Waals surface area contributed by atoms with Crippen molar-refractivity contribution in [2.24, 2.45) is 0 Å². The number of pyridine rings is 1. The molecule has 3 nitrogen and oxygen atoms in total. The average Bonchev–Trinajstić information content (AvgIpc) is 2.68. The maximum atomic E-state index is 12.1. The van der Waals surface area contributed by atoms with E-state index in [4.69, 9.17) is 0 Å². The molecule has 0 fully saturated rings. The fraction of sp³-hybridized carbons (Fsp3) is 0.0769. The summed E-state index contributed by atoms with van der Waals surface area (Å²) in [5.74, 6) is 0. The summed E-state index contributed by atoms with van der Waals surface area (Å²) in [6, 6.07) is 13.4. The van der Waals surface area contributed by atoms with Gasteiger partial charge in [-0.3, -0.25) is 13.7 Å². The molecule has 0 amide bonds. The van der Waals surface area contributed by atoms with Crippen LogP contribution in [-0.4, -0.2) is 8.94 Å². The normalized spacial score (nSPS) is 10.8. The highest BCUT2D eigenvalue weighted by Crippen LogP contribution is 2.16. The second-order valence-corrected chi connectivity index (χ2v) is 4.81. The minimum absolute atomic E-state index is 0.0660. The zero-order valence-corrected chi connectivity index (χ0v) is 9.85. The first-order chi connectivity index (χ1) is 8.34. The van der Waals surface area contributed by atoms with Crippen LogP contribution in [-0.2, 0) is 6.54 Å². The molecular weight excluding hydrogens is 232 g/mol. The van der Waals surface area contributed by atoms with E-state index in [9.17, 15) is 4.79 Å². The highest BCUT2D eigenvalue weighted by Gasteiger charge is 2.07. The van der Waals surface area contributed by atoms with Crippen LogP contribution in [0.2, 0.25) is 0 Å². The van der Waals surface area contributed by atoms with Gasteiger partial charge in [0, 0.05) is 6.20 Å². The van der Waals surface area contributed by atoms with Crippen LogP contribution in [0.4, 0.5) is 0 Å².